The maximum absolute atomic E-state index is 8.57. The van der Waals surface area contributed by atoms with E-state index in [0.29, 0.717) is 11.8 Å². The van der Waals surface area contributed by atoms with Crippen molar-refractivity contribution in [3.8, 4) is 11.9 Å². The van der Waals surface area contributed by atoms with Crippen LogP contribution in [0.15, 0.2) is 29.3 Å². The van der Waals surface area contributed by atoms with Gasteiger partial charge in [0, 0.05) is 0 Å². The van der Waals surface area contributed by atoms with Crippen LogP contribution in [0.5, 0.6) is 5.75 Å². The Morgan fingerprint density at radius 1 is 1.53 bits per heavy atom. The SMILES string of the molecule is CCCOc1ccccc1N=C(NC#N)SC. The van der Waals surface area contributed by atoms with Crippen molar-refractivity contribution in [2.45, 2.75) is 13.3 Å². The summed E-state index contributed by atoms with van der Waals surface area (Å²) in [6.45, 7) is 2.71. The maximum Gasteiger partial charge on any atom is 0.183 e. The number of aliphatic imine (C=N–C) groups is 1. The van der Waals surface area contributed by atoms with Gasteiger partial charge in [0.25, 0.3) is 0 Å². The Kier molecular flexibility index (Phi) is 5.97. The molecule has 0 spiro atoms. The molecule has 0 heterocycles. The number of rotatable bonds is 4. The molecule has 0 aliphatic heterocycles. The van der Waals surface area contributed by atoms with Crippen LogP contribution in [0.3, 0.4) is 0 Å². The fraction of sp³-hybridized carbons (Fsp3) is 0.333. The van der Waals surface area contributed by atoms with Gasteiger partial charge in [0.2, 0.25) is 0 Å². The van der Waals surface area contributed by atoms with E-state index in [-0.39, 0.29) is 0 Å². The van der Waals surface area contributed by atoms with E-state index in [9.17, 15) is 0 Å². The first kappa shape index (κ1) is 13.4. The number of nitrogens with zero attached hydrogens (tertiary/aromatic N) is 2. The van der Waals surface area contributed by atoms with Crippen LogP contribution in [0.25, 0.3) is 0 Å². The van der Waals surface area contributed by atoms with Crippen molar-refractivity contribution < 1.29 is 4.74 Å². The largest absolute Gasteiger partial charge is 0.491 e. The first-order valence-corrected chi connectivity index (χ1v) is 6.54. The molecule has 0 saturated carbocycles. The molecule has 1 N–H and O–H groups in total. The molecule has 4 nitrogen and oxygen atoms in total. The summed E-state index contributed by atoms with van der Waals surface area (Å²) >= 11 is 1.38. The predicted molar refractivity (Wildman–Crippen MR) is 71.6 cm³/mol. The van der Waals surface area contributed by atoms with Crippen LogP contribution >= 0.6 is 11.8 Å². The summed E-state index contributed by atoms with van der Waals surface area (Å²) in [5, 5.41) is 11.7. The van der Waals surface area contributed by atoms with Gasteiger partial charge in [-0.1, -0.05) is 30.8 Å². The Hall–Kier alpha value is -1.67. The van der Waals surface area contributed by atoms with Crippen LogP contribution in [0, 0.1) is 11.5 Å². The highest BCUT2D eigenvalue weighted by molar-refractivity contribution is 8.13. The third-order valence-corrected chi connectivity index (χ3v) is 2.49. The number of benzene rings is 1. The molecule has 0 aliphatic rings. The summed E-state index contributed by atoms with van der Waals surface area (Å²) in [4.78, 5) is 4.34. The average molecular weight is 249 g/mol. The molecule has 0 fully saturated rings. The van der Waals surface area contributed by atoms with Crippen molar-refractivity contribution in [3.05, 3.63) is 24.3 Å². The maximum atomic E-state index is 8.57. The Labute approximate surface area is 106 Å². The highest BCUT2D eigenvalue weighted by Gasteiger charge is 2.03. The molecule has 0 bridgehead atoms. The van der Waals surface area contributed by atoms with Crippen LogP contribution < -0.4 is 10.1 Å². The summed E-state index contributed by atoms with van der Waals surface area (Å²) in [6, 6.07) is 7.53. The highest BCUT2D eigenvalue weighted by atomic mass is 32.2. The Balaban J connectivity index is 2.92. The fourth-order valence-corrected chi connectivity index (χ4v) is 1.50. The zero-order valence-electron chi connectivity index (χ0n) is 9.93. The topological polar surface area (TPSA) is 57.4 Å². The molecule has 0 aromatic heterocycles. The number of nitriles is 1. The smallest absolute Gasteiger partial charge is 0.183 e. The van der Waals surface area contributed by atoms with Crippen molar-refractivity contribution in [1.29, 1.82) is 5.26 Å². The van der Waals surface area contributed by atoms with Crippen molar-refractivity contribution >= 4 is 22.6 Å². The van der Waals surface area contributed by atoms with Crippen LogP contribution in [-0.2, 0) is 0 Å². The highest BCUT2D eigenvalue weighted by Crippen LogP contribution is 2.27. The van der Waals surface area contributed by atoms with Crippen molar-refractivity contribution in [3.63, 3.8) is 0 Å². The third kappa shape index (κ3) is 4.37. The van der Waals surface area contributed by atoms with E-state index in [1.54, 1.807) is 0 Å². The number of hydrogen-bond donors (Lipinski definition) is 1. The van der Waals surface area contributed by atoms with E-state index in [1.807, 2.05) is 36.7 Å². The number of para-hydroxylation sites is 2. The number of ether oxygens (including phenoxy) is 1. The van der Waals surface area contributed by atoms with Gasteiger partial charge >= 0.3 is 0 Å². The lowest BCUT2D eigenvalue weighted by Crippen LogP contribution is -2.12. The number of thioether (sulfide) groups is 1. The lowest BCUT2D eigenvalue weighted by atomic mass is 10.3. The minimum absolute atomic E-state index is 0.556. The molecule has 5 heteroatoms. The van der Waals surface area contributed by atoms with Crippen LogP contribution in [-0.4, -0.2) is 18.0 Å². The van der Waals surface area contributed by atoms with Crippen LogP contribution in [0.2, 0.25) is 0 Å². The van der Waals surface area contributed by atoms with Gasteiger partial charge in [-0.05, 0) is 24.8 Å². The molecular formula is C12H15N3OS. The average Bonchev–Trinajstić information content (AvgIpc) is 2.37. The Morgan fingerprint density at radius 2 is 2.29 bits per heavy atom. The molecule has 0 amide bonds. The number of nitrogens with one attached hydrogen (secondary N) is 1. The molecule has 0 atom stereocenters. The van der Waals surface area contributed by atoms with Gasteiger partial charge in [0.15, 0.2) is 11.4 Å². The van der Waals surface area contributed by atoms with Gasteiger partial charge < -0.3 is 4.74 Å². The van der Waals surface area contributed by atoms with Gasteiger partial charge in [0.1, 0.15) is 11.4 Å². The molecule has 0 saturated heterocycles. The quantitative estimate of drug-likeness (QED) is 0.386. The second-order valence-electron chi connectivity index (χ2n) is 3.17. The number of amidine groups is 1. The van der Waals surface area contributed by atoms with E-state index in [4.69, 9.17) is 10.00 Å². The standard InChI is InChI=1S/C12H15N3OS/c1-3-8-16-11-7-5-4-6-10(11)15-12(17-2)14-9-13/h4-7H,3,8H2,1-2H3,(H,14,15). The summed E-state index contributed by atoms with van der Waals surface area (Å²) in [6.07, 6.45) is 4.67. The van der Waals surface area contributed by atoms with Gasteiger partial charge in [-0.2, -0.15) is 5.26 Å². The predicted octanol–water partition coefficient (Wildman–Crippen LogP) is 2.90. The van der Waals surface area contributed by atoms with Crippen LogP contribution in [0.4, 0.5) is 5.69 Å². The van der Waals surface area contributed by atoms with Gasteiger partial charge in [0.05, 0.1) is 6.61 Å². The molecule has 1 rings (SSSR count). The fourth-order valence-electron chi connectivity index (χ4n) is 1.17. The zero-order chi connectivity index (χ0) is 12.5. The Morgan fingerprint density at radius 3 is 2.94 bits per heavy atom. The molecule has 0 radical (unpaired) electrons. The van der Waals surface area contributed by atoms with E-state index in [0.717, 1.165) is 17.9 Å². The second kappa shape index (κ2) is 7.58. The van der Waals surface area contributed by atoms with Crippen molar-refractivity contribution in [1.82, 2.24) is 5.32 Å². The molecule has 90 valence electrons. The first-order valence-electron chi connectivity index (χ1n) is 5.31. The first-order chi connectivity index (χ1) is 8.31. The summed E-state index contributed by atoms with van der Waals surface area (Å²) in [7, 11) is 0. The van der Waals surface area contributed by atoms with Crippen molar-refractivity contribution in [2.24, 2.45) is 4.99 Å². The minimum Gasteiger partial charge on any atom is -0.491 e. The van der Waals surface area contributed by atoms with Gasteiger partial charge in [-0.3, -0.25) is 5.32 Å². The van der Waals surface area contributed by atoms with Crippen LogP contribution in [0.1, 0.15) is 13.3 Å². The minimum atomic E-state index is 0.556. The molecule has 0 unspecified atom stereocenters. The third-order valence-electron chi connectivity index (χ3n) is 1.91. The summed E-state index contributed by atoms with van der Waals surface area (Å²) < 4.78 is 5.58. The van der Waals surface area contributed by atoms with E-state index < -0.39 is 0 Å². The van der Waals surface area contributed by atoms with E-state index >= 15 is 0 Å². The Bertz CT molecular complexity index is 426. The molecular weight excluding hydrogens is 234 g/mol. The van der Waals surface area contributed by atoms with Gasteiger partial charge in [-0.25, -0.2) is 4.99 Å². The lowest BCUT2D eigenvalue weighted by Gasteiger charge is -2.08. The second-order valence-corrected chi connectivity index (χ2v) is 3.97. The molecule has 17 heavy (non-hydrogen) atoms. The molecule has 1 aromatic carbocycles. The molecule has 0 aliphatic carbocycles. The normalized spacial score (nSPS) is 10.8. The monoisotopic (exact) mass is 249 g/mol. The van der Waals surface area contributed by atoms with E-state index in [2.05, 4.69) is 17.2 Å². The lowest BCUT2D eigenvalue weighted by molar-refractivity contribution is 0.318. The van der Waals surface area contributed by atoms with Gasteiger partial charge in [-0.15, -0.1) is 0 Å². The molecule has 1 aromatic rings. The van der Waals surface area contributed by atoms with Crippen molar-refractivity contribution in [2.75, 3.05) is 12.9 Å². The van der Waals surface area contributed by atoms with E-state index in [1.165, 1.54) is 11.8 Å². The summed E-state index contributed by atoms with van der Waals surface area (Å²) in [5.41, 5.74) is 0.730. The zero-order valence-corrected chi connectivity index (χ0v) is 10.8. The summed E-state index contributed by atoms with van der Waals surface area (Å²) in [5.74, 6) is 0.737. The number of hydrogen-bond acceptors (Lipinski definition) is 4.